The molecule has 1 N–H and O–H groups in total. The van der Waals surface area contributed by atoms with Crippen molar-refractivity contribution < 1.29 is 5.11 Å². The van der Waals surface area contributed by atoms with Crippen molar-refractivity contribution in [2.75, 3.05) is 19.7 Å². The lowest BCUT2D eigenvalue weighted by molar-refractivity contribution is 0.238. The van der Waals surface area contributed by atoms with Gasteiger partial charge in [-0.3, -0.25) is 0 Å². The number of nitrogens with zero attached hydrogens (tertiary/aromatic N) is 1. The van der Waals surface area contributed by atoms with Gasteiger partial charge in [-0.2, -0.15) is 0 Å². The van der Waals surface area contributed by atoms with Crippen LogP contribution in [-0.4, -0.2) is 29.7 Å². The van der Waals surface area contributed by atoms with Crippen molar-refractivity contribution in [2.24, 2.45) is 5.92 Å². The van der Waals surface area contributed by atoms with Crippen LogP contribution in [0.1, 0.15) is 12.8 Å². The lowest BCUT2D eigenvalue weighted by Gasteiger charge is -2.22. The summed E-state index contributed by atoms with van der Waals surface area (Å²) in [5.41, 5.74) is 1.44. The van der Waals surface area contributed by atoms with Crippen LogP contribution in [0.3, 0.4) is 0 Å². The van der Waals surface area contributed by atoms with Crippen LogP contribution in [0, 0.1) is 5.92 Å². The number of hydrogen-bond acceptors (Lipinski definition) is 2. The maximum Gasteiger partial charge on any atom is 0.0606 e. The molecule has 0 bridgehead atoms. The van der Waals surface area contributed by atoms with E-state index in [2.05, 4.69) is 23.1 Å². The summed E-state index contributed by atoms with van der Waals surface area (Å²) < 4.78 is 0. The molecule has 2 rings (SSSR count). The minimum Gasteiger partial charge on any atom is -0.395 e. The topological polar surface area (TPSA) is 23.5 Å². The molecule has 0 radical (unpaired) electrons. The summed E-state index contributed by atoms with van der Waals surface area (Å²) in [6.45, 7) is 2.20. The Morgan fingerprint density at radius 2 is 2.50 bits per heavy atom. The predicted octanol–water partition coefficient (Wildman–Crippen LogP) is 1.14. The Morgan fingerprint density at radius 3 is 3.33 bits per heavy atom. The first-order valence-corrected chi connectivity index (χ1v) is 4.64. The SMILES string of the molecule is OCCN1CCC2CC=CC=C21. The highest BCUT2D eigenvalue weighted by Crippen LogP contribution is 2.32. The van der Waals surface area contributed by atoms with Crippen molar-refractivity contribution in [3.8, 4) is 0 Å². The Bertz CT molecular complexity index is 218. The molecule has 1 fully saturated rings. The Hall–Kier alpha value is -0.760. The molecule has 1 heterocycles. The molecular formula is C10H15NO. The van der Waals surface area contributed by atoms with Crippen LogP contribution in [-0.2, 0) is 0 Å². The maximum absolute atomic E-state index is 8.83. The van der Waals surface area contributed by atoms with Crippen LogP contribution >= 0.6 is 0 Å². The zero-order valence-electron chi connectivity index (χ0n) is 7.24. The van der Waals surface area contributed by atoms with E-state index in [1.165, 1.54) is 18.5 Å². The summed E-state index contributed by atoms with van der Waals surface area (Å²) in [4.78, 5) is 2.30. The molecule has 2 heteroatoms. The minimum atomic E-state index is 0.272. The van der Waals surface area contributed by atoms with Gasteiger partial charge in [-0.1, -0.05) is 12.2 Å². The molecule has 66 valence electrons. The molecule has 1 atom stereocenters. The Morgan fingerprint density at radius 1 is 1.58 bits per heavy atom. The third-order valence-electron chi connectivity index (χ3n) is 2.72. The molecule has 0 spiro atoms. The van der Waals surface area contributed by atoms with Crippen molar-refractivity contribution in [1.82, 2.24) is 4.90 Å². The Labute approximate surface area is 73.2 Å². The fraction of sp³-hybridized carbons (Fsp3) is 0.600. The molecule has 0 aromatic heterocycles. The van der Waals surface area contributed by atoms with Gasteiger partial charge in [-0.25, -0.2) is 0 Å². The van der Waals surface area contributed by atoms with Crippen LogP contribution < -0.4 is 0 Å². The molecule has 0 saturated carbocycles. The van der Waals surface area contributed by atoms with Crippen molar-refractivity contribution in [3.63, 3.8) is 0 Å². The van der Waals surface area contributed by atoms with Crippen LogP contribution in [0.4, 0.5) is 0 Å². The van der Waals surface area contributed by atoms with Crippen molar-refractivity contribution in [2.45, 2.75) is 12.8 Å². The predicted molar refractivity (Wildman–Crippen MR) is 48.6 cm³/mol. The Kier molecular flexibility index (Phi) is 2.17. The fourth-order valence-electron chi connectivity index (χ4n) is 2.10. The third-order valence-corrected chi connectivity index (χ3v) is 2.72. The summed E-state index contributed by atoms with van der Waals surface area (Å²) in [5.74, 6) is 0.738. The summed E-state index contributed by atoms with van der Waals surface area (Å²) in [5, 5.41) is 8.83. The van der Waals surface area contributed by atoms with Gasteiger partial charge in [-0.15, -0.1) is 0 Å². The molecular weight excluding hydrogens is 150 g/mol. The monoisotopic (exact) mass is 165 g/mol. The molecule has 0 amide bonds. The van der Waals surface area contributed by atoms with Gasteiger partial charge in [0, 0.05) is 24.7 Å². The van der Waals surface area contributed by atoms with Gasteiger partial charge in [0.2, 0.25) is 0 Å². The zero-order chi connectivity index (χ0) is 8.39. The largest absolute Gasteiger partial charge is 0.395 e. The normalized spacial score (nSPS) is 27.2. The van der Waals surface area contributed by atoms with Crippen LogP contribution in [0.5, 0.6) is 0 Å². The van der Waals surface area contributed by atoms with Gasteiger partial charge in [0.05, 0.1) is 6.61 Å². The van der Waals surface area contributed by atoms with Crippen LogP contribution in [0.25, 0.3) is 0 Å². The van der Waals surface area contributed by atoms with Crippen molar-refractivity contribution >= 4 is 0 Å². The fourth-order valence-corrected chi connectivity index (χ4v) is 2.10. The van der Waals surface area contributed by atoms with Crippen molar-refractivity contribution in [1.29, 1.82) is 0 Å². The number of fused-ring (bicyclic) bond motifs is 1. The van der Waals surface area contributed by atoms with E-state index < -0.39 is 0 Å². The average molecular weight is 165 g/mol. The van der Waals surface area contributed by atoms with E-state index in [-0.39, 0.29) is 6.61 Å². The van der Waals surface area contributed by atoms with Gasteiger partial charge in [0.25, 0.3) is 0 Å². The first-order chi connectivity index (χ1) is 5.92. The molecule has 2 aliphatic rings. The molecule has 1 aliphatic heterocycles. The van der Waals surface area contributed by atoms with E-state index in [0.29, 0.717) is 0 Å². The quantitative estimate of drug-likeness (QED) is 0.663. The molecule has 1 saturated heterocycles. The smallest absolute Gasteiger partial charge is 0.0606 e. The van der Waals surface area contributed by atoms with Gasteiger partial charge >= 0.3 is 0 Å². The number of allylic oxidation sites excluding steroid dienone is 4. The molecule has 2 nitrogen and oxygen atoms in total. The number of hydrogen-bond donors (Lipinski definition) is 1. The molecule has 0 aromatic carbocycles. The second-order valence-corrected chi connectivity index (χ2v) is 3.45. The van der Waals surface area contributed by atoms with E-state index in [1.807, 2.05) is 0 Å². The number of aliphatic hydroxyl groups is 1. The van der Waals surface area contributed by atoms with E-state index in [1.54, 1.807) is 0 Å². The number of rotatable bonds is 2. The summed E-state index contributed by atoms with van der Waals surface area (Å²) >= 11 is 0. The second kappa shape index (κ2) is 3.31. The van der Waals surface area contributed by atoms with Gasteiger partial charge < -0.3 is 10.0 Å². The third kappa shape index (κ3) is 1.27. The number of β-amino-alcohol motifs (C(OH)–C–C–N with tert-alkyl or cyclic N) is 1. The highest BCUT2D eigenvalue weighted by molar-refractivity contribution is 5.22. The molecule has 1 aliphatic carbocycles. The van der Waals surface area contributed by atoms with E-state index >= 15 is 0 Å². The number of aliphatic hydroxyl groups excluding tert-OH is 1. The highest BCUT2D eigenvalue weighted by atomic mass is 16.3. The van der Waals surface area contributed by atoms with Gasteiger partial charge in [-0.05, 0) is 18.9 Å². The van der Waals surface area contributed by atoms with E-state index in [4.69, 9.17) is 5.11 Å². The van der Waals surface area contributed by atoms with E-state index in [0.717, 1.165) is 19.0 Å². The highest BCUT2D eigenvalue weighted by Gasteiger charge is 2.26. The summed E-state index contributed by atoms with van der Waals surface area (Å²) in [7, 11) is 0. The summed E-state index contributed by atoms with van der Waals surface area (Å²) in [6.07, 6.45) is 9.00. The lowest BCUT2D eigenvalue weighted by atomic mass is 9.97. The standard InChI is InChI=1S/C10H15NO/c12-8-7-11-6-5-9-3-1-2-4-10(9)11/h1-2,4,9,12H,3,5-8H2. The van der Waals surface area contributed by atoms with Crippen LogP contribution in [0.2, 0.25) is 0 Å². The first-order valence-electron chi connectivity index (χ1n) is 4.64. The van der Waals surface area contributed by atoms with Crippen LogP contribution in [0.15, 0.2) is 23.9 Å². The van der Waals surface area contributed by atoms with E-state index in [9.17, 15) is 0 Å². The zero-order valence-corrected chi connectivity index (χ0v) is 7.24. The van der Waals surface area contributed by atoms with Gasteiger partial charge in [0.15, 0.2) is 0 Å². The number of likely N-dealkylation sites (tertiary alicyclic amines) is 1. The van der Waals surface area contributed by atoms with Gasteiger partial charge in [0.1, 0.15) is 0 Å². The molecule has 0 aromatic rings. The second-order valence-electron chi connectivity index (χ2n) is 3.45. The maximum atomic E-state index is 8.83. The average Bonchev–Trinajstić information content (AvgIpc) is 2.50. The van der Waals surface area contributed by atoms with Crippen molar-refractivity contribution in [3.05, 3.63) is 23.9 Å². The lowest BCUT2D eigenvalue weighted by Crippen LogP contribution is -2.22. The summed E-state index contributed by atoms with van der Waals surface area (Å²) in [6, 6.07) is 0. The first kappa shape index (κ1) is 7.87. The molecule has 1 unspecified atom stereocenters. The Balaban J connectivity index is 2.08. The molecule has 12 heavy (non-hydrogen) atoms. The minimum absolute atomic E-state index is 0.272.